The molecule has 2 amide bonds. The molecule has 1 saturated heterocycles. The lowest BCUT2D eigenvalue weighted by molar-refractivity contribution is -0.132. The molecular weight excluding hydrogens is 262 g/mol. The van der Waals surface area contributed by atoms with E-state index in [-0.39, 0.29) is 29.7 Å². The van der Waals surface area contributed by atoms with Crippen molar-refractivity contribution in [3.8, 4) is 0 Å². The average molecular weight is 279 g/mol. The molecule has 19 heavy (non-hydrogen) atoms. The standard InChI is InChI=1S/C13H17N3O2S/c1-7(14-2)10-6-19-13(15-10)16-11(17)8-3-4-9(5-8)12(16)18/h6-9,14H,3-5H2,1-2H3. The highest BCUT2D eigenvalue weighted by atomic mass is 32.1. The lowest BCUT2D eigenvalue weighted by atomic mass is 9.98. The summed E-state index contributed by atoms with van der Waals surface area (Å²) in [6.07, 6.45) is 2.42. The van der Waals surface area contributed by atoms with Gasteiger partial charge in [0.15, 0.2) is 5.13 Å². The van der Waals surface area contributed by atoms with Crippen molar-refractivity contribution in [2.75, 3.05) is 11.9 Å². The molecule has 6 heteroatoms. The predicted octanol–water partition coefficient (Wildman–Crippen LogP) is 1.71. The van der Waals surface area contributed by atoms with Crippen molar-refractivity contribution in [3.63, 3.8) is 0 Å². The van der Waals surface area contributed by atoms with Crippen LogP contribution < -0.4 is 10.2 Å². The van der Waals surface area contributed by atoms with Gasteiger partial charge in [-0.1, -0.05) is 0 Å². The fourth-order valence-electron chi connectivity index (χ4n) is 2.82. The van der Waals surface area contributed by atoms with Crippen molar-refractivity contribution in [1.82, 2.24) is 10.3 Å². The molecule has 3 rings (SSSR count). The second-order valence-corrected chi connectivity index (χ2v) is 6.12. The number of anilines is 1. The Hall–Kier alpha value is -1.27. The van der Waals surface area contributed by atoms with Crippen molar-refractivity contribution in [3.05, 3.63) is 11.1 Å². The van der Waals surface area contributed by atoms with E-state index in [1.807, 2.05) is 19.4 Å². The van der Waals surface area contributed by atoms with E-state index in [0.29, 0.717) is 5.13 Å². The third-order valence-corrected chi connectivity index (χ3v) is 4.99. The molecule has 3 unspecified atom stereocenters. The Labute approximate surface area is 116 Å². The summed E-state index contributed by atoms with van der Waals surface area (Å²) in [7, 11) is 1.86. The zero-order valence-corrected chi connectivity index (χ0v) is 11.9. The predicted molar refractivity (Wildman–Crippen MR) is 72.9 cm³/mol. The second kappa shape index (κ2) is 4.68. The Morgan fingerprint density at radius 2 is 2.00 bits per heavy atom. The van der Waals surface area contributed by atoms with Gasteiger partial charge in [0.1, 0.15) is 0 Å². The number of hydrogen-bond donors (Lipinski definition) is 1. The molecule has 1 N–H and O–H groups in total. The number of fused-ring (bicyclic) bond motifs is 2. The fraction of sp³-hybridized carbons (Fsp3) is 0.615. The fourth-order valence-corrected chi connectivity index (χ4v) is 3.74. The van der Waals surface area contributed by atoms with Gasteiger partial charge in [0.05, 0.1) is 5.69 Å². The number of carbonyl (C=O) groups excluding carboxylic acids is 2. The van der Waals surface area contributed by atoms with E-state index in [1.54, 1.807) is 0 Å². The van der Waals surface area contributed by atoms with Crippen LogP contribution in [0.25, 0.3) is 0 Å². The molecule has 0 aromatic carbocycles. The molecule has 0 spiro atoms. The average Bonchev–Trinajstić information content (AvgIpc) is 3.04. The van der Waals surface area contributed by atoms with E-state index in [1.165, 1.54) is 16.2 Å². The number of hydrogen-bond acceptors (Lipinski definition) is 5. The van der Waals surface area contributed by atoms with Crippen LogP contribution in [0, 0.1) is 11.8 Å². The number of amides is 2. The van der Waals surface area contributed by atoms with Gasteiger partial charge in [0.25, 0.3) is 0 Å². The summed E-state index contributed by atoms with van der Waals surface area (Å²) in [6, 6.07) is 0.122. The van der Waals surface area contributed by atoms with Gasteiger partial charge in [-0.2, -0.15) is 0 Å². The van der Waals surface area contributed by atoms with E-state index in [2.05, 4.69) is 10.3 Å². The van der Waals surface area contributed by atoms with Gasteiger partial charge >= 0.3 is 0 Å². The topological polar surface area (TPSA) is 62.3 Å². The minimum atomic E-state index is -0.0586. The molecule has 1 saturated carbocycles. The van der Waals surface area contributed by atoms with Crippen LogP contribution in [0.4, 0.5) is 5.13 Å². The Bertz CT molecular complexity index is 506. The third kappa shape index (κ3) is 1.99. The molecule has 1 aromatic rings. The van der Waals surface area contributed by atoms with E-state index < -0.39 is 0 Å². The van der Waals surface area contributed by atoms with Crippen molar-refractivity contribution in [1.29, 1.82) is 0 Å². The van der Waals surface area contributed by atoms with Gasteiger partial charge in [-0.25, -0.2) is 9.88 Å². The van der Waals surface area contributed by atoms with E-state index in [4.69, 9.17) is 0 Å². The molecule has 1 aliphatic carbocycles. The van der Waals surface area contributed by atoms with Crippen LogP contribution in [0.2, 0.25) is 0 Å². The molecule has 1 aromatic heterocycles. The summed E-state index contributed by atoms with van der Waals surface area (Å²) in [5, 5.41) is 5.55. The zero-order chi connectivity index (χ0) is 13.6. The van der Waals surface area contributed by atoms with Gasteiger partial charge in [-0.3, -0.25) is 9.59 Å². The molecule has 102 valence electrons. The first-order chi connectivity index (χ1) is 9.11. The van der Waals surface area contributed by atoms with Crippen molar-refractivity contribution in [2.24, 2.45) is 11.8 Å². The Morgan fingerprint density at radius 1 is 1.37 bits per heavy atom. The molecule has 2 fully saturated rings. The summed E-state index contributed by atoms with van der Waals surface area (Å²) in [5.74, 6) is -0.0675. The quantitative estimate of drug-likeness (QED) is 0.856. The Morgan fingerprint density at radius 3 is 2.58 bits per heavy atom. The highest BCUT2D eigenvalue weighted by molar-refractivity contribution is 7.14. The molecule has 2 heterocycles. The van der Waals surface area contributed by atoms with Crippen molar-refractivity contribution >= 4 is 28.3 Å². The minimum Gasteiger partial charge on any atom is -0.312 e. The first kappa shape index (κ1) is 12.7. The van der Waals surface area contributed by atoms with E-state index in [0.717, 1.165) is 25.0 Å². The number of carbonyl (C=O) groups is 2. The normalized spacial score (nSPS) is 28.0. The van der Waals surface area contributed by atoms with Crippen LogP contribution in [-0.4, -0.2) is 23.8 Å². The first-order valence-corrected chi connectivity index (χ1v) is 7.50. The van der Waals surface area contributed by atoms with Gasteiger partial charge in [-0.15, -0.1) is 11.3 Å². The van der Waals surface area contributed by atoms with E-state index in [9.17, 15) is 9.59 Å². The Balaban J connectivity index is 1.90. The summed E-state index contributed by atoms with van der Waals surface area (Å²) >= 11 is 1.37. The maximum absolute atomic E-state index is 12.3. The molecular formula is C13H17N3O2S. The molecule has 3 atom stereocenters. The Kier molecular flexibility index (Phi) is 3.14. The van der Waals surface area contributed by atoms with E-state index >= 15 is 0 Å². The maximum atomic E-state index is 12.3. The highest BCUT2D eigenvalue weighted by Gasteiger charge is 2.46. The largest absolute Gasteiger partial charge is 0.312 e. The summed E-state index contributed by atoms with van der Waals surface area (Å²) in [6.45, 7) is 2.00. The monoisotopic (exact) mass is 279 g/mol. The van der Waals surface area contributed by atoms with Crippen molar-refractivity contribution < 1.29 is 9.59 Å². The smallest absolute Gasteiger partial charge is 0.238 e. The van der Waals surface area contributed by atoms with Crippen LogP contribution in [0.3, 0.4) is 0 Å². The first-order valence-electron chi connectivity index (χ1n) is 6.62. The van der Waals surface area contributed by atoms with Crippen LogP contribution in [0.5, 0.6) is 0 Å². The van der Waals surface area contributed by atoms with Gasteiger partial charge in [0, 0.05) is 23.3 Å². The van der Waals surface area contributed by atoms with Gasteiger partial charge in [0.2, 0.25) is 11.8 Å². The lowest BCUT2D eigenvalue weighted by Crippen LogP contribution is -2.46. The highest BCUT2D eigenvalue weighted by Crippen LogP contribution is 2.40. The van der Waals surface area contributed by atoms with Crippen LogP contribution in [-0.2, 0) is 9.59 Å². The molecule has 2 bridgehead atoms. The summed E-state index contributed by atoms with van der Waals surface area (Å²) < 4.78 is 0. The number of rotatable bonds is 3. The summed E-state index contributed by atoms with van der Waals surface area (Å²) in [4.78, 5) is 30.4. The van der Waals surface area contributed by atoms with Crippen molar-refractivity contribution in [2.45, 2.75) is 32.2 Å². The van der Waals surface area contributed by atoms with Gasteiger partial charge in [-0.05, 0) is 33.2 Å². The number of aromatic nitrogens is 1. The number of imide groups is 1. The number of nitrogens with one attached hydrogen (secondary N) is 1. The number of thiazole rings is 1. The summed E-state index contributed by atoms with van der Waals surface area (Å²) in [5.41, 5.74) is 0.876. The lowest BCUT2D eigenvalue weighted by Gasteiger charge is -2.27. The zero-order valence-electron chi connectivity index (χ0n) is 11.0. The minimum absolute atomic E-state index is 0.0248. The molecule has 0 radical (unpaired) electrons. The second-order valence-electron chi connectivity index (χ2n) is 5.28. The van der Waals surface area contributed by atoms with Crippen LogP contribution in [0.1, 0.15) is 37.9 Å². The van der Waals surface area contributed by atoms with Gasteiger partial charge < -0.3 is 5.32 Å². The SMILES string of the molecule is CNC(C)c1csc(N2C(=O)C3CCC(C3)C2=O)n1. The van der Waals surface area contributed by atoms with Crippen LogP contribution >= 0.6 is 11.3 Å². The molecule has 1 aliphatic heterocycles. The number of piperidine rings is 1. The maximum Gasteiger partial charge on any atom is 0.238 e. The molecule has 5 nitrogen and oxygen atoms in total. The molecule has 2 aliphatic rings. The third-order valence-electron chi connectivity index (χ3n) is 4.15. The number of nitrogens with zero attached hydrogens (tertiary/aromatic N) is 2. The van der Waals surface area contributed by atoms with Crippen LogP contribution in [0.15, 0.2) is 5.38 Å².